The third kappa shape index (κ3) is 2.89. The summed E-state index contributed by atoms with van der Waals surface area (Å²) >= 11 is 3.26. The molecule has 4 nitrogen and oxygen atoms in total. The molecular weight excluding hydrogens is 354 g/mol. The molecule has 0 fully saturated rings. The number of benzene rings is 2. The topological polar surface area (TPSA) is 66.4 Å². The molecule has 0 radical (unpaired) electrons. The van der Waals surface area contributed by atoms with E-state index < -0.39 is 22.2 Å². The first kappa shape index (κ1) is 14.7. The second-order valence-corrected chi connectivity index (χ2v) is 7.66. The van der Waals surface area contributed by atoms with Gasteiger partial charge in [-0.3, -0.25) is 0 Å². The fourth-order valence-corrected chi connectivity index (χ4v) is 4.43. The maximum absolute atomic E-state index is 12.5. The fraction of sp³-hybridized carbons (Fsp3) is 0.200. The van der Waals surface area contributed by atoms with Gasteiger partial charge in [0.05, 0.1) is 17.0 Å². The van der Waals surface area contributed by atoms with Gasteiger partial charge in [0.1, 0.15) is 0 Å². The summed E-state index contributed by atoms with van der Waals surface area (Å²) in [6.07, 6.45) is -0.286. The molecule has 0 saturated carbocycles. The van der Waals surface area contributed by atoms with Gasteiger partial charge >= 0.3 is 0 Å². The molecule has 3 rings (SSSR count). The van der Waals surface area contributed by atoms with E-state index in [1.165, 1.54) is 12.1 Å². The van der Waals surface area contributed by atoms with Gasteiger partial charge in [-0.2, -0.15) is 0 Å². The summed E-state index contributed by atoms with van der Waals surface area (Å²) in [6, 6.07) is 13.4. The molecule has 110 valence electrons. The minimum absolute atomic E-state index is 0.174. The minimum atomic E-state index is -3.68. The van der Waals surface area contributed by atoms with Crippen LogP contribution < -0.4 is 4.72 Å². The molecule has 1 aliphatic rings. The highest BCUT2D eigenvalue weighted by Crippen LogP contribution is 2.32. The Balaban J connectivity index is 1.93. The Labute approximate surface area is 132 Å². The van der Waals surface area contributed by atoms with Crippen LogP contribution in [0, 0.1) is 0 Å². The molecule has 0 unspecified atom stereocenters. The van der Waals surface area contributed by atoms with Gasteiger partial charge in [0.15, 0.2) is 0 Å². The monoisotopic (exact) mass is 367 g/mol. The standard InChI is InChI=1S/C15H14BrNO3S/c16-11-5-3-6-12(9-11)21(19,20)17-15-13-7-2-1-4-10(13)8-14(15)18/h1-7,9,14-15,17-18H,8H2/t14-,15+/m1/s1. The third-order valence-electron chi connectivity index (χ3n) is 3.59. The van der Waals surface area contributed by atoms with Crippen LogP contribution in [0.4, 0.5) is 0 Å². The van der Waals surface area contributed by atoms with Gasteiger partial charge in [0, 0.05) is 10.9 Å². The number of nitrogens with one attached hydrogen (secondary N) is 1. The molecular formula is C15H14BrNO3S. The van der Waals surface area contributed by atoms with Crippen molar-refractivity contribution in [3.8, 4) is 0 Å². The molecule has 0 amide bonds. The number of halogens is 1. The molecule has 0 bridgehead atoms. The van der Waals surface area contributed by atoms with Gasteiger partial charge < -0.3 is 5.11 Å². The van der Waals surface area contributed by atoms with E-state index in [9.17, 15) is 13.5 Å². The summed E-state index contributed by atoms with van der Waals surface area (Å²) in [6.45, 7) is 0. The number of sulfonamides is 1. The van der Waals surface area contributed by atoms with Crippen molar-refractivity contribution in [3.05, 3.63) is 64.1 Å². The summed E-state index contributed by atoms with van der Waals surface area (Å²) in [4.78, 5) is 0.174. The van der Waals surface area contributed by atoms with Crippen molar-refractivity contribution in [2.75, 3.05) is 0 Å². The first-order valence-electron chi connectivity index (χ1n) is 6.51. The molecule has 21 heavy (non-hydrogen) atoms. The molecule has 2 atom stereocenters. The summed E-state index contributed by atoms with van der Waals surface area (Å²) in [5.74, 6) is 0. The average Bonchev–Trinajstić information content (AvgIpc) is 2.75. The maximum Gasteiger partial charge on any atom is 0.241 e. The van der Waals surface area contributed by atoms with E-state index in [2.05, 4.69) is 20.7 Å². The quantitative estimate of drug-likeness (QED) is 0.874. The van der Waals surface area contributed by atoms with Gasteiger partial charge in [0.2, 0.25) is 10.0 Å². The smallest absolute Gasteiger partial charge is 0.241 e. The van der Waals surface area contributed by atoms with Crippen LogP contribution in [-0.4, -0.2) is 19.6 Å². The van der Waals surface area contributed by atoms with Crippen LogP contribution in [0.3, 0.4) is 0 Å². The largest absolute Gasteiger partial charge is 0.391 e. The number of fused-ring (bicyclic) bond motifs is 1. The number of rotatable bonds is 3. The van der Waals surface area contributed by atoms with Crippen LogP contribution in [-0.2, 0) is 16.4 Å². The van der Waals surface area contributed by atoms with Crippen molar-refractivity contribution >= 4 is 26.0 Å². The molecule has 0 aromatic heterocycles. The Kier molecular flexibility index (Phi) is 3.88. The zero-order valence-electron chi connectivity index (χ0n) is 11.0. The Bertz CT molecular complexity index is 776. The van der Waals surface area contributed by atoms with E-state index in [4.69, 9.17) is 0 Å². The summed E-state index contributed by atoms with van der Waals surface area (Å²) in [5, 5.41) is 10.1. The molecule has 2 aromatic rings. The predicted molar refractivity (Wildman–Crippen MR) is 83.4 cm³/mol. The van der Waals surface area contributed by atoms with Crippen LogP contribution >= 0.6 is 15.9 Å². The van der Waals surface area contributed by atoms with E-state index in [0.29, 0.717) is 10.9 Å². The Hall–Kier alpha value is -1.21. The summed E-state index contributed by atoms with van der Waals surface area (Å²) in [5.41, 5.74) is 1.82. The van der Waals surface area contributed by atoms with Crippen molar-refractivity contribution in [1.29, 1.82) is 0 Å². The molecule has 6 heteroatoms. The van der Waals surface area contributed by atoms with Crippen molar-refractivity contribution < 1.29 is 13.5 Å². The predicted octanol–water partition coefficient (Wildman–Crippen LogP) is 2.39. The second-order valence-electron chi connectivity index (χ2n) is 5.03. The van der Waals surface area contributed by atoms with Crippen molar-refractivity contribution in [3.63, 3.8) is 0 Å². The first-order chi connectivity index (χ1) is 9.97. The first-order valence-corrected chi connectivity index (χ1v) is 8.79. The Morgan fingerprint density at radius 2 is 1.90 bits per heavy atom. The molecule has 2 N–H and O–H groups in total. The van der Waals surface area contributed by atoms with Crippen LogP contribution in [0.1, 0.15) is 17.2 Å². The fourth-order valence-electron chi connectivity index (χ4n) is 2.59. The average molecular weight is 368 g/mol. The van der Waals surface area contributed by atoms with Crippen LogP contribution in [0.2, 0.25) is 0 Å². The zero-order chi connectivity index (χ0) is 15.0. The Morgan fingerprint density at radius 3 is 2.67 bits per heavy atom. The molecule has 2 aromatic carbocycles. The lowest BCUT2D eigenvalue weighted by Gasteiger charge is -2.18. The van der Waals surface area contributed by atoms with Gasteiger partial charge in [-0.15, -0.1) is 0 Å². The van der Waals surface area contributed by atoms with Gasteiger partial charge in [-0.1, -0.05) is 46.3 Å². The third-order valence-corrected chi connectivity index (χ3v) is 5.52. The van der Waals surface area contributed by atoms with E-state index in [1.54, 1.807) is 12.1 Å². The second kappa shape index (κ2) is 5.53. The van der Waals surface area contributed by atoms with Crippen LogP contribution in [0.25, 0.3) is 0 Å². The van der Waals surface area contributed by atoms with E-state index in [1.807, 2.05) is 24.3 Å². The molecule has 0 saturated heterocycles. The highest BCUT2D eigenvalue weighted by Gasteiger charge is 2.34. The highest BCUT2D eigenvalue weighted by atomic mass is 79.9. The number of hydrogen-bond donors (Lipinski definition) is 2. The number of hydrogen-bond acceptors (Lipinski definition) is 3. The summed E-state index contributed by atoms with van der Waals surface area (Å²) < 4.78 is 28.2. The van der Waals surface area contributed by atoms with Crippen molar-refractivity contribution in [1.82, 2.24) is 4.72 Å². The number of aliphatic hydroxyl groups excluding tert-OH is 1. The maximum atomic E-state index is 12.5. The van der Waals surface area contributed by atoms with Crippen LogP contribution in [0.15, 0.2) is 57.9 Å². The highest BCUT2D eigenvalue weighted by molar-refractivity contribution is 9.10. The van der Waals surface area contributed by atoms with E-state index in [0.717, 1.165) is 11.1 Å². The molecule has 0 aliphatic heterocycles. The van der Waals surface area contributed by atoms with Gasteiger partial charge in [-0.05, 0) is 29.3 Å². The van der Waals surface area contributed by atoms with E-state index in [-0.39, 0.29) is 4.90 Å². The lowest BCUT2D eigenvalue weighted by atomic mass is 10.1. The number of aliphatic hydroxyl groups is 1. The van der Waals surface area contributed by atoms with Gasteiger partial charge in [-0.25, -0.2) is 13.1 Å². The molecule has 0 heterocycles. The van der Waals surface area contributed by atoms with Gasteiger partial charge in [0.25, 0.3) is 0 Å². The molecule has 0 spiro atoms. The SMILES string of the molecule is O=S(=O)(N[C@H]1c2ccccc2C[C@H]1O)c1cccc(Br)c1. The lowest BCUT2D eigenvalue weighted by Crippen LogP contribution is -2.33. The summed E-state index contributed by atoms with van der Waals surface area (Å²) in [7, 11) is -3.68. The van der Waals surface area contributed by atoms with E-state index >= 15 is 0 Å². The Morgan fingerprint density at radius 1 is 1.14 bits per heavy atom. The van der Waals surface area contributed by atoms with Crippen molar-refractivity contribution in [2.45, 2.75) is 23.5 Å². The van der Waals surface area contributed by atoms with Crippen LogP contribution in [0.5, 0.6) is 0 Å². The molecule has 1 aliphatic carbocycles. The van der Waals surface area contributed by atoms with Crippen molar-refractivity contribution in [2.24, 2.45) is 0 Å². The minimum Gasteiger partial charge on any atom is -0.391 e. The zero-order valence-corrected chi connectivity index (χ0v) is 13.4. The lowest BCUT2D eigenvalue weighted by molar-refractivity contribution is 0.151. The normalized spacial score (nSPS) is 21.2.